The van der Waals surface area contributed by atoms with E-state index in [4.69, 9.17) is 11.6 Å². The van der Waals surface area contributed by atoms with E-state index in [1.54, 1.807) is 12.1 Å². The molecule has 0 N–H and O–H groups in total. The summed E-state index contributed by atoms with van der Waals surface area (Å²) in [5, 5.41) is 0.676. The molecule has 0 aliphatic heterocycles. The van der Waals surface area contributed by atoms with E-state index >= 15 is 0 Å². The van der Waals surface area contributed by atoms with Gasteiger partial charge in [0.1, 0.15) is 5.82 Å². The van der Waals surface area contributed by atoms with E-state index in [0.717, 1.165) is 22.3 Å². The number of benzene rings is 3. The normalized spacial score (nSPS) is 16.9. The van der Waals surface area contributed by atoms with Crippen molar-refractivity contribution >= 4 is 23.0 Å². The van der Waals surface area contributed by atoms with E-state index < -0.39 is 0 Å². The van der Waals surface area contributed by atoms with Crippen LogP contribution in [0.3, 0.4) is 0 Å². The SMILES string of the molecule is O=C1C=C(c2ccc(-c3ccccc3)c(F)c2)C[C@@H](c2ccc(Cl)cc2)C1. The highest BCUT2D eigenvalue weighted by atomic mass is 35.5. The molecule has 0 radical (unpaired) electrons. The first-order chi connectivity index (χ1) is 13.1. The van der Waals surface area contributed by atoms with E-state index in [0.29, 0.717) is 23.4 Å². The third-order valence-corrected chi connectivity index (χ3v) is 5.27. The predicted molar refractivity (Wildman–Crippen MR) is 108 cm³/mol. The van der Waals surface area contributed by atoms with Gasteiger partial charge in [0.2, 0.25) is 0 Å². The monoisotopic (exact) mass is 376 g/mol. The van der Waals surface area contributed by atoms with Crippen LogP contribution in [-0.4, -0.2) is 5.78 Å². The Balaban J connectivity index is 1.63. The van der Waals surface area contributed by atoms with Crippen molar-refractivity contribution in [1.82, 2.24) is 0 Å². The molecule has 3 heteroatoms. The van der Waals surface area contributed by atoms with Crippen molar-refractivity contribution in [3.63, 3.8) is 0 Å². The van der Waals surface area contributed by atoms with Gasteiger partial charge in [-0.1, -0.05) is 66.2 Å². The van der Waals surface area contributed by atoms with Crippen LogP contribution in [-0.2, 0) is 4.79 Å². The van der Waals surface area contributed by atoms with Crippen molar-refractivity contribution in [1.29, 1.82) is 0 Å². The van der Waals surface area contributed by atoms with Crippen LogP contribution >= 0.6 is 11.6 Å². The van der Waals surface area contributed by atoms with E-state index in [2.05, 4.69) is 0 Å². The third-order valence-electron chi connectivity index (χ3n) is 5.02. The average Bonchev–Trinajstić information content (AvgIpc) is 2.68. The van der Waals surface area contributed by atoms with Crippen molar-refractivity contribution in [2.75, 3.05) is 0 Å². The van der Waals surface area contributed by atoms with Crippen LogP contribution in [0.1, 0.15) is 29.9 Å². The minimum atomic E-state index is -0.277. The molecule has 0 heterocycles. The molecule has 1 atom stereocenters. The van der Waals surface area contributed by atoms with Gasteiger partial charge in [-0.2, -0.15) is 0 Å². The first-order valence-electron chi connectivity index (χ1n) is 8.94. The van der Waals surface area contributed by atoms with Crippen LogP contribution in [0.5, 0.6) is 0 Å². The molecule has 0 saturated carbocycles. The summed E-state index contributed by atoms with van der Waals surface area (Å²) in [5.41, 5.74) is 4.13. The summed E-state index contributed by atoms with van der Waals surface area (Å²) in [7, 11) is 0. The molecular formula is C24H18ClFO. The summed E-state index contributed by atoms with van der Waals surface area (Å²) < 4.78 is 14.7. The Labute approximate surface area is 163 Å². The fourth-order valence-corrected chi connectivity index (χ4v) is 3.76. The number of rotatable bonds is 3. The minimum Gasteiger partial charge on any atom is -0.295 e. The molecule has 0 unspecified atom stereocenters. The van der Waals surface area contributed by atoms with Gasteiger partial charge >= 0.3 is 0 Å². The lowest BCUT2D eigenvalue weighted by Gasteiger charge is -2.23. The number of ketones is 1. The number of halogens is 2. The zero-order valence-corrected chi connectivity index (χ0v) is 15.4. The van der Waals surface area contributed by atoms with E-state index in [1.165, 1.54) is 6.07 Å². The molecule has 0 spiro atoms. The summed E-state index contributed by atoms with van der Waals surface area (Å²) >= 11 is 5.97. The molecule has 0 aromatic heterocycles. The van der Waals surface area contributed by atoms with Gasteiger partial charge < -0.3 is 0 Å². The lowest BCUT2D eigenvalue weighted by molar-refractivity contribution is -0.115. The van der Waals surface area contributed by atoms with Gasteiger partial charge in [-0.3, -0.25) is 4.79 Å². The standard InChI is InChI=1S/C24H18ClFO/c25-21-9-6-16(7-10-21)19-12-20(14-22(27)13-19)18-8-11-23(24(26)15-18)17-4-2-1-3-5-17/h1-11,14-15,19H,12-13H2/t19-/m1/s1. The van der Waals surface area contributed by atoms with Crippen LogP contribution in [0.2, 0.25) is 5.02 Å². The number of carbonyl (C=O) groups is 1. The maximum absolute atomic E-state index is 14.7. The number of carbonyl (C=O) groups excluding carboxylic acids is 1. The van der Waals surface area contributed by atoms with Crippen molar-refractivity contribution < 1.29 is 9.18 Å². The van der Waals surface area contributed by atoms with Gasteiger partial charge in [0.05, 0.1) is 0 Å². The summed E-state index contributed by atoms with van der Waals surface area (Å²) in [6.45, 7) is 0. The molecule has 27 heavy (non-hydrogen) atoms. The first kappa shape index (κ1) is 17.7. The lowest BCUT2D eigenvalue weighted by atomic mass is 9.81. The van der Waals surface area contributed by atoms with E-state index in [-0.39, 0.29) is 17.5 Å². The molecule has 1 aliphatic carbocycles. The summed E-state index contributed by atoms with van der Waals surface area (Å²) in [4.78, 5) is 12.3. The van der Waals surface area contributed by atoms with Gasteiger partial charge in [-0.05, 0) is 58.9 Å². The van der Waals surface area contributed by atoms with Crippen molar-refractivity contribution in [3.8, 4) is 11.1 Å². The number of hydrogen-bond acceptors (Lipinski definition) is 1. The Kier molecular flexibility index (Phi) is 4.91. The Morgan fingerprint density at radius 2 is 1.59 bits per heavy atom. The highest BCUT2D eigenvalue weighted by Crippen LogP contribution is 2.37. The average molecular weight is 377 g/mol. The smallest absolute Gasteiger partial charge is 0.156 e. The summed E-state index contributed by atoms with van der Waals surface area (Å²) in [6.07, 6.45) is 2.83. The second-order valence-corrected chi connectivity index (χ2v) is 7.29. The third kappa shape index (κ3) is 3.86. The van der Waals surface area contributed by atoms with Crippen molar-refractivity contribution in [3.05, 3.63) is 101 Å². The highest BCUT2D eigenvalue weighted by Gasteiger charge is 2.23. The van der Waals surface area contributed by atoms with Crippen molar-refractivity contribution in [2.45, 2.75) is 18.8 Å². The predicted octanol–water partition coefficient (Wildman–Crippen LogP) is 6.68. The number of hydrogen-bond donors (Lipinski definition) is 0. The topological polar surface area (TPSA) is 17.1 Å². The molecule has 3 aromatic rings. The highest BCUT2D eigenvalue weighted by molar-refractivity contribution is 6.30. The molecule has 4 rings (SSSR count). The molecule has 1 aliphatic rings. The Morgan fingerprint density at radius 3 is 2.30 bits per heavy atom. The second kappa shape index (κ2) is 7.50. The maximum Gasteiger partial charge on any atom is 0.156 e. The van der Waals surface area contributed by atoms with Crippen molar-refractivity contribution in [2.24, 2.45) is 0 Å². The quantitative estimate of drug-likeness (QED) is 0.498. The van der Waals surface area contributed by atoms with Crippen LogP contribution < -0.4 is 0 Å². The van der Waals surface area contributed by atoms with Crippen LogP contribution in [0.15, 0.2) is 78.9 Å². The zero-order chi connectivity index (χ0) is 18.8. The van der Waals surface area contributed by atoms with Crippen LogP contribution in [0.4, 0.5) is 4.39 Å². The van der Waals surface area contributed by atoms with Gasteiger partial charge in [0.25, 0.3) is 0 Å². The molecular weight excluding hydrogens is 359 g/mol. The maximum atomic E-state index is 14.7. The Bertz CT molecular complexity index is 1010. The molecule has 0 saturated heterocycles. The largest absolute Gasteiger partial charge is 0.295 e. The van der Waals surface area contributed by atoms with Gasteiger partial charge in [0, 0.05) is 17.0 Å². The number of allylic oxidation sites excluding steroid dienone is 2. The molecule has 0 bridgehead atoms. The Hall–Kier alpha value is -2.71. The second-order valence-electron chi connectivity index (χ2n) is 6.85. The van der Waals surface area contributed by atoms with Gasteiger partial charge in [-0.15, -0.1) is 0 Å². The molecule has 1 nitrogen and oxygen atoms in total. The summed E-state index contributed by atoms with van der Waals surface area (Å²) in [6, 6.07) is 22.3. The minimum absolute atomic E-state index is 0.0729. The van der Waals surface area contributed by atoms with Gasteiger partial charge in [0.15, 0.2) is 5.78 Å². The van der Waals surface area contributed by atoms with Gasteiger partial charge in [-0.25, -0.2) is 4.39 Å². The van der Waals surface area contributed by atoms with Crippen LogP contribution in [0.25, 0.3) is 16.7 Å². The Morgan fingerprint density at radius 1 is 0.852 bits per heavy atom. The molecule has 3 aromatic carbocycles. The van der Waals surface area contributed by atoms with E-state index in [1.807, 2.05) is 60.7 Å². The summed E-state index contributed by atoms with van der Waals surface area (Å²) in [5.74, 6) is -0.115. The van der Waals surface area contributed by atoms with Crippen LogP contribution in [0, 0.1) is 5.82 Å². The first-order valence-corrected chi connectivity index (χ1v) is 9.32. The fraction of sp³-hybridized carbons (Fsp3) is 0.125. The zero-order valence-electron chi connectivity index (χ0n) is 14.7. The molecule has 134 valence electrons. The lowest BCUT2D eigenvalue weighted by Crippen LogP contribution is -2.12. The molecule has 0 fully saturated rings. The van der Waals surface area contributed by atoms with E-state index in [9.17, 15) is 9.18 Å². The molecule has 0 amide bonds. The fourth-order valence-electron chi connectivity index (χ4n) is 3.63.